The van der Waals surface area contributed by atoms with Crippen molar-refractivity contribution in [3.63, 3.8) is 0 Å². The van der Waals surface area contributed by atoms with E-state index in [-0.39, 0.29) is 11.3 Å². The van der Waals surface area contributed by atoms with Gasteiger partial charge >= 0.3 is 0 Å². The summed E-state index contributed by atoms with van der Waals surface area (Å²) in [6.07, 6.45) is 4.02. The SMILES string of the molecule is CCC1(CC)CC(CCN2CCN(c3ccccc3C)CC2)NC1=O. The average molecular weight is 344 g/mol. The van der Waals surface area contributed by atoms with Crippen molar-refractivity contribution >= 4 is 11.6 Å². The minimum absolute atomic E-state index is 0.103. The van der Waals surface area contributed by atoms with E-state index in [1.165, 1.54) is 11.3 Å². The van der Waals surface area contributed by atoms with Crippen molar-refractivity contribution in [3.8, 4) is 0 Å². The first kappa shape index (κ1) is 18.2. The molecule has 138 valence electrons. The fraction of sp³-hybridized carbons (Fsp3) is 0.667. The highest BCUT2D eigenvalue weighted by Gasteiger charge is 2.43. The van der Waals surface area contributed by atoms with E-state index in [2.05, 4.69) is 60.2 Å². The predicted molar refractivity (Wildman–Crippen MR) is 104 cm³/mol. The molecule has 4 nitrogen and oxygen atoms in total. The van der Waals surface area contributed by atoms with Crippen LogP contribution in [-0.4, -0.2) is 49.6 Å². The van der Waals surface area contributed by atoms with Crippen LogP contribution in [0.5, 0.6) is 0 Å². The maximum Gasteiger partial charge on any atom is 0.226 e. The van der Waals surface area contributed by atoms with Crippen LogP contribution in [-0.2, 0) is 4.79 Å². The van der Waals surface area contributed by atoms with E-state index in [0.29, 0.717) is 6.04 Å². The van der Waals surface area contributed by atoms with Crippen LogP contribution in [0.25, 0.3) is 0 Å². The number of piperazine rings is 1. The number of carbonyl (C=O) groups excluding carboxylic acids is 1. The standard InChI is InChI=1S/C21H33N3O/c1-4-21(5-2)16-18(22-20(21)25)10-11-23-12-14-24(15-13-23)19-9-7-6-8-17(19)3/h6-9,18H,4-5,10-16H2,1-3H3,(H,22,25). The molecule has 1 atom stereocenters. The van der Waals surface area contributed by atoms with Crippen molar-refractivity contribution in [2.75, 3.05) is 37.6 Å². The van der Waals surface area contributed by atoms with Gasteiger partial charge in [-0.05, 0) is 44.2 Å². The van der Waals surface area contributed by atoms with Gasteiger partial charge in [0, 0.05) is 44.5 Å². The molecule has 1 aromatic rings. The molecule has 0 aliphatic carbocycles. The summed E-state index contributed by atoms with van der Waals surface area (Å²) in [7, 11) is 0. The summed E-state index contributed by atoms with van der Waals surface area (Å²) in [5.41, 5.74) is 2.63. The Hall–Kier alpha value is -1.55. The quantitative estimate of drug-likeness (QED) is 0.861. The Kier molecular flexibility index (Phi) is 5.67. The smallest absolute Gasteiger partial charge is 0.226 e. The highest BCUT2D eigenvalue weighted by atomic mass is 16.2. The number of carbonyl (C=O) groups is 1. The Balaban J connectivity index is 1.46. The molecule has 1 aromatic carbocycles. The molecule has 2 aliphatic heterocycles. The van der Waals surface area contributed by atoms with Crippen molar-refractivity contribution < 1.29 is 4.79 Å². The summed E-state index contributed by atoms with van der Waals surface area (Å²) < 4.78 is 0. The maximum atomic E-state index is 12.3. The second kappa shape index (κ2) is 7.77. The van der Waals surface area contributed by atoms with Gasteiger partial charge in [0.1, 0.15) is 0 Å². The van der Waals surface area contributed by atoms with Crippen LogP contribution in [0.4, 0.5) is 5.69 Å². The number of nitrogens with zero attached hydrogens (tertiary/aromatic N) is 2. The number of anilines is 1. The van der Waals surface area contributed by atoms with E-state index in [1.54, 1.807) is 0 Å². The van der Waals surface area contributed by atoms with Crippen molar-refractivity contribution in [3.05, 3.63) is 29.8 Å². The molecule has 2 aliphatic rings. The third-order valence-electron chi connectivity index (χ3n) is 6.43. The fourth-order valence-corrected chi connectivity index (χ4v) is 4.46. The van der Waals surface area contributed by atoms with E-state index in [9.17, 15) is 4.79 Å². The molecule has 0 aromatic heterocycles. The lowest BCUT2D eigenvalue weighted by Gasteiger charge is -2.37. The van der Waals surface area contributed by atoms with Crippen LogP contribution >= 0.6 is 0 Å². The largest absolute Gasteiger partial charge is 0.369 e. The van der Waals surface area contributed by atoms with Crippen molar-refractivity contribution in [1.29, 1.82) is 0 Å². The first-order chi connectivity index (χ1) is 12.1. The molecule has 3 rings (SSSR count). The Bertz CT molecular complexity index is 589. The molecule has 0 bridgehead atoms. The third-order valence-corrected chi connectivity index (χ3v) is 6.43. The number of aryl methyl sites for hydroxylation is 1. The van der Waals surface area contributed by atoms with Gasteiger partial charge < -0.3 is 10.2 Å². The topological polar surface area (TPSA) is 35.6 Å². The van der Waals surface area contributed by atoms with Gasteiger partial charge in [0.05, 0.1) is 5.41 Å². The van der Waals surface area contributed by atoms with E-state index in [4.69, 9.17) is 0 Å². The molecule has 2 fully saturated rings. The molecule has 2 heterocycles. The maximum absolute atomic E-state index is 12.3. The summed E-state index contributed by atoms with van der Waals surface area (Å²) >= 11 is 0. The van der Waals surface area contributed by atoms with Gasteiger partial charge in [-0.15, -0.1) is 0 Å². The molecular weight excluding hydrogens is 310 g/mol. The lowest BCUT2D eigenvalue weighted by atomic mass is 9.79. The Labute approximate surface area is 152 Å². The lowest BCUT2D eigenvalue weighted by Crippen LogP contribution is -2.47. The van der Waals surface area contributed by atoms with Crippen molar-refractivity contribution in [1.82, 2.24) is 10.2 Å². The van der Waals surface area contributed by atoms with Gasteiger partial charge in [-0.2, -0.15) is 0 Å². The second-order valence-electron chi connectivity index (χ2n) is 7.77. The number of nitrogens with one attached hydrogen (secondary N) is 1. The van der Waals surface area contributed by atoms with Crippen LogP contribution in [0.15, 0.2) is 24.3 Å². The Morgan fingerprint density at radius 3 is 2.40 bits per heavy atom. The molecule has 1 amide bonds. The monoisotopic (exact) mass is 343 g/mol. The summed E-state index contributed by atoms with van der Waals surface area (Å²) in [5, 5.41) is 3.25. The number of para-hydroxylation sites is 1. The van der Waals surface area contributed by atoms with E-state index in [1.807, 2.05) is 0 Å². The van der Waals surface area contributed by atoms with Gasteiger partial charge in [0.25, 0.3) is 0 Å². The number of hydrogen-bond donors (Lipinski definition) is 1. The molecule has 1 N–H and O–H groups in total. The Morgan fingerprint density at radius 1 is 1.12 bits per heavy atom. The van der Waals surface area contributed by atoms with Gasteiger partial charge in [-0.1, -0.05) is 32.0 Å². The Morgan fingerprint density at radius 2 is 1.80 bits per heavy atom. The number of rotatable bonds is 6. The first-order valence-corrected chi connectivity index (χ1v) is 9.92. The van der Waals surface area contributed by atoms with Crippen LogP contribution in [0, 0.1) is 12.3 Å². The zero-order valence-electron chi connectivity index (χ0n) is 16.1. The number of amides is 1. The van der Waals surface area contributed by atoms with Gasteiger partial charge in [-0.25, -0.2) is 0 Å². The lowest BCUT2D eigenvalue weighted by molar-refractivity contribution is -0.128. The number of hydrogen-bond acceptors (Lipinski definition) is 3. The van der Waals surface area contributed by atoms with Crippen molar-refractivity contribution in [2.45, 2.75) is 52.5 Å². The molecule has 2 saturated heterocycles. The highest BCUT2D eigenvalue weighted by molar-refractivity contribution is 5.85. The van der Waals surface area contributed by atoms with Crippen LogP contribution < -0.4 is 10.2 Å². The molecular formula is C21H33N3O. The zero-order chi connectivity index (χ0) is 17.9. The minimum atomic E-state index is -0.103. The van der Waals surface area contributed by atoms with Crippen LogP contribution in [0.3, 0.4) is 0 Å². The van der Waals surface area contributed by atoms with Crippen molar-refractivity contribution in [2.24, 2.45) is 5.41 Å². The fourth-order valence-electron chi connectivity index (χ4n) is 4.46. The van der Waals surface area contributed by atoms with Gasteiger partial charge in [0.15, 0.2) is 0 Å². The summed E-state index contributed by atoms with van der Waals surface area (Å²) in [6, 6.07) is 9.02. The van der Waals surface area contributed by atoms with E-state index in [0.717, 1.165) is 58.4 Å². The van der Waals surface area contributed by atoms with E-state index >= 15 is 0 Å². The zero-order valence-corrected chi connectivity index (χ0v) is 16.1. The second-order valence-corrected chi connectivity index (χ2v) is 7.77. The highest BCUT2D eigenvalue weighted by Crippen LogP contribution is 2.37. The van der Waals surface area contributed by atoms with E-state index < -0.39 is 0 Å². The molecule has 4 heteroatoms. The summed E-state index contributed by atoms with van der Waals surface area (Å²) in [4.78, 5) is 17.4. The molecule has 0 spiro atoms. The van der Waals surface area contributed by atoms with Gasteiger partial charge in [-0.3, -0.25) is 9.69 Å². The molecule has 0 radical (unpaired) electrons. The van der Waals surface area contributed by atoms with Crippen LogP contribution in [0.1, 0.15) is 45.1 Å². The summed E-state index contributed by atoms with van der Waals surface area (Å²) in [6.45, 7) is 12.0. The molecule has 25 heavy (non-hydrogen) atoms. The average Bonchev–Trinajstić information content (AvgIpc) is 2.97. The molecule has 1 unspecified atom stereocenters. The third kappa shape index (κ3) is 3.84. The summed E-state index contributed by atoms with van der Waals surface area (Å²) in [5.74, 6) is 0.284. The number of benzene rings is 1. The first-order valence-electron chi connectivity index (χ1n) is 9.92. The predicted octanol–water partition coefficient (Wildman–Crippen LogP) is 3.20. The van der Waals surface area contributed by atoms with Crippen LogP contribution in [0.2, 0.25) is 0 Å². The minimum Gasteiger partial charge on any atom is -0.369 e. The normalized spacial score (nSPS) is 23.7. The van der Waals surface area contributed by atoms with Gasteiger partial charge in [0.2, 0.25) is 5.91 Å². The molecule has 0 saturated carbocycles.